The van der Waals surface area contributed by atoms with Crippen LogP contribution in [0.1, 0.15) is 0 Å². The molecule has 0 aliphatic rings. The summed E-state index contributed by atoms with van der Waals surface area (Å²) in [7, 11) is 0. The second kappa shape index (κ2) is 4.87. The van der Waals surface area contributed by atoms with Crippen LogP contribution in [0.2, 0.25) is 0 Å². The molecule has 3 aromatic carbocycles. The van der Waals surface area contributed by atoms with Crippen molar-refractivity contribution in [2.45, 2.75) is 0 Å². The minimum absolute atomic E-state index is 0.541. The summed E-state index contributed by atoms with van der Waals surface area (Å²) in [6, 6.07) is 24.2. The molecule has 0 aliphatic carbocycles. The third-order valence-electron chi connectivity index (χ3n) is 3.45. The van der Waals surface area contributed by atoms with Crippen molar-refractivity contribution in [3.05, 3.63) is 72.8 Å². The molecule has 0 saturated heterocycles. The fourth-order valence-corrected chi connectivity index (χ4v) is 2.37. The normalized spacial score (nSPS) is 10.9. The van der Waals surface area contributed by atoms with Gasteiger partial charge in [-0.3, -0.25) is 0 Å². The van der Waals surface area contributed by atoms with Gasteiger partial charge in [-0.25, -0.2) is 0 Å². The van der Waals surface area contributed by atoms with Crippen LogP contribution >= 0.6 is 0 Å². The maximum atomic E-state index is 5.36. The van der Waals surface area contributed by atoms with Gasteiger partial charge >= 0.3 is 0 Å². The maximum Gasteiger partial charge on any atom is 0.258 e. The van der Waals surface area contributed by atoms with Crippen LogP contribution in [-0.4, -0.2) is 10.1 Å². The number of rotatable bonds is 2. The number of benzene rings is 3. The Morgan fingerprint density at radius 3 is 2.29 bits per heavy atom. The fourth-order valence-electron chi connectivity index (χ4n) is 2.37. The lowest BCUT2D eigenvalue weighted by Crippen LogP contribution is -1.82. The van der Waals surface area contributed by atoms with Crippen molar-refractivity contribution < 1.29 is 4.52 Å². The van der Waals surface area contributed by atoms with E-state index in [0.717, 1.165) is 11.1 Å². The zero-order chi connectivity index (χ0) is 14.1. The van der Waals surface area contributed by atoms with Crippen molar-refractivity contribution in [3.8, 4) is 22.8 Å². The molecule has 1 heterocycles. The number of hydrogen-bond donors (Lipinski definition) is 0. The third kappa shape index (κ3) is 2.19. The Kier molecular flexibility index (Phi) is 2.75. The molecule has 0 fully saturated rings. The molecule has 3 nitrogen and oxygen atoms in total. The Morgan fingerprint density at radius 2 is 1.43 bits per heavy atom. The molecule has 21 heavy (non-hydrogen) atoms. The topological polar surface area (TPSA) is 38.9 Å². The van der Waals surface area contributed by atoms with Gasteiger partial charge in [0.15, 0.2) is 0 Å². The van der Waals surface area contributed by atoms with Gasteiger partial charge in [0, 0.05) is 11.1 Å². The van der Waals surface area contributed by atoms with Crippen molar-refractivity contribution in [1.82, 2.24) is 10.1 Å². The molecule has 0 amide bonds. The first-order chi connectivity index (χ1) is 10.4. The van der Waals surface area contributed by atoms with Gasteiger partial charge in [-0.2, -0.15) is 4.98 Å². The monoisotopic (exact) mass is 272 g/mol. The Bertz CT molecular complexity index is 897. The molecule has 0 N–H and O–H groups in total. The van der Waals surface area contributed by atoms with Crippen molar-refractivity contribution in [3.63, 3.8) is 0 Å². The van der Waals surface area contributed by atoms with Crippen molar-refractivity contribution in [1.29, 1.82) is 0 Å². The molecule has 0 unspecified atom stereocenters. The first-order valence-electron chi connectivity index (χ1n) is 6.78. The van der Waals surface area contributed by atoms with Gasteiger partial charge in [0.2, 0.25) is 5.82 Å². The predicted molar refractivity (Wildman–Crippen MR) is 82.7 cm³/mol. The van der Waals surface area contributed by atoms with E-state index in [4.69, 9.17) is 4.52 Å². The highest BCUT2D eigenvalue weighted by molar-refractivity contribution is 5.86. The zero-order valence-electron chi connectivity index (χ0n) is 11.2. The van der Waals surface area contributed by atoms with Crippen molar-refractivity contribution in [2.75, 3.05) is 0 Å². The lowest BCUT2D eigenvalue weighted by atomic mass is 10.1. The number of nitrogens with zero attached hydrogens (tertiary/aromatic N) is 2. The van der Waals surface area contributed by atoms with Crippen LogP contribution in [0.3, 0.4) is 0 Å². The van der Waals surface area contributed by atoms with E-state index >= 15 is 0 Å². The van der Waals surface area contributed by atoms with Gasteiger partial charge in [0.05, 0.1) is 0 Å². The Morgan fingerprint density at radius 1 is 0.667 bits per heavy atom. The van der Waals surface area contributed by atoms with E-state index in [1.807, 2.05) is 48.5 Å². The van der Waals surface area contributed by atoms with Crippen LogP contribution in [0.4, 0.5) is 0 Å². The van der Waals surface area contributed by atoms with Crippen LogP contribution in [0.25, 0.3) is 33.6 Å². The van der Waals surface area contributed by atoms with Gasteiger partial charge < -0.3 is 4.52 Å². The molecule has 0 saturated carbocycles. The van der Waals surface area contributed by atoms with Crippen LogP contribution in [0.15, 0.2) is 77.3 Å². The Hall–Kier alpha value is -2.94. The minimum atomic E-state index is 0.541. The molecule has 4 rings (SSSR count). The summed E-state index contributed by atoms with van der Waals surface area (Å²) in [6.07, 6.45) is 0. The lowest BCUT2D eigenvalue weighted by Gasteiger charge is -1.99. The molecule has 0 spiro atoms. The third-order valence-corrected chi connectivity index (χ3v) is 3.45. The summed E-state index contributed by atoms with van der Waals surface area (Å²) in [5.74, 6) is 1.15. The van der Waals surface area contributed by atoms with Gasteiger partial charge in [0.25, 0.3) is 5.89 Å². The second-order valence-electron chi connectivity index (χ2n) is 4.85. The molecule has 3 heteroatoms. The lowest BCUT2D eigenvalue weighted by molar-refractivity contribution is 0.432. The molecular formula is C18H12N2O. The summed E-state index contributed by atoms with van der Waals surface area (Å²) in [4.78, 5) is 4.48. The predicted octanol–water partition coefficient (Wildman–Crippen LogP) is 4.56. The highest BCUT2D eigenvalue weighted by Crippen LogP contribution is 2.25. The summed E-state index contributed by atoms with van der Waals surface area (Å²) >= 11 is 0. The summed E-state index contributed by atoms with van der Waals surface area (Å²) < 4.78 is 5.36. The largest absolute Gasteiger partial charge is 0.334 e. The average molecular weight is 272 g/mol. The minimum Gasteiger partial charge on any atom is -0.334 e. The fraction of sp³-hybridized carbons (Fsp3) is 0. The smallest absolute Gasteiger partial charge is 0.258 e. The number of fused-ring (bicyclic) bond motifs is 1. The van der Waals surface area contributed by atoms with Crippen LogP contribution < -0.4 is 0 Å². The molecule has 0 aliphatic heterocycles. The second-order valence-corrected chi connectivity index (χ2v) is 4.85. The quantitative estimate of drug-likeness (QED) is 0.537. The van der Waals surface area contributed by atoms with E-state index in [-0.39, 0.29) is 0 Å². The van der Waals surface area contributed by atoms with Crippen molar-refractivity contribution in [2.24, 2.45) is 0 Å². The number of hydrogen-bond acceptors (Lipinski definition) is 3. The van der Waals surface area contributed by atoms with Crippen molar-refractivity contribution >= 4 is 10.8 Å². The van der Waals surface area contributed by atoms with Gasteiger partial charge in [0.1, 0.15) is 0 Å². The van der Waals surface area contributed by atoms with Gasteiger partial charge in [-0.15, -0.1) is 0 Å². The van der Waals surface area contributed by atoms with Crippen LogP contribution in [-0.2, 0) is 0 Å². The number of aromatic nitrogens is 2. The van der Waals surface area contributed by atoms with E-state index in [1.165, 1.54) is 10.8 Å². The molecule has 100 valence electrons. The van der Waals surface area contributed by atoms with E-state index in [2.05, 4.69) is 34.4 Å². The molecule has 1 aromatic heterocycles. The van der Waals surface area contributed by atoms with E-state index in [1.54, 1.807) is 0 Å². The van der Waals surface area contributed by atoms with E-state index in [0.29, 0.717) is 11.7 Å². The van der Waals surface area contributed by atoms with Gasteiger partial charge in [-0.05, 0) is 29.0 Å². The molecule has 0 bridgehead atoms. The average Bonchev–Trinajstić information content (AvgIpc) is 3.05. The Balaban J connectivity index is 1.77. The highest BCUT2D eigenvalue weighted by Gasteiger charge is 2.10. The molecule has 0 radical (unpaired) electrons. The van der Waals surface area contributed by atoms with E-state index in [9.17, 15) is 0 Å². The summed E-state index contributed by atoms with van der Waals surface area (Å²) in [6.45, 7) is 0. The molecular weight excluding hydrogens is 260 g/mol. The maximum absolute atomic E-state index is 5.36. The van der Waals surface area contributed by atoms with Crippen LogP contribution in [0, 0.1) is 0 Å². The highest BCUT2D eigenvalue weighted by atomic mass is 16.5. The summed E-state index contributed by atoms with van der Waals surface area (Å²) in [5.41, 5.74) is 1.89. The zero-order valence-corrected chi connectivity index (χ0v) is 11.2. The molecule has 4 aromatic rings. The summed E-state index contributed by atoms with van der Waals surface area (Å²) in [5, 5.41) is 6.45. The first-order valence-corrected chi connectivity index (χ1v) is 6.78. The molecule has 0 atom stereocenters. The van der Waals surface area contributed by atoms with Gasteiger partial charge in [-0.1, -0.05) is 59.8 Å². The Labute approximate surface area is 121 Å². The standard InChI is InChI=1S/C18H12N2O/c1-2-7-14(8-3-1)18-19-17(20-21-18)16-11-10-13-6-4-5-9-15(13)12-16/h1-12H. The SMILES string of the molecule is c1ccc(-c2nc(-c3ccc4ccccc4c3)no2)cc1. The van der Waals surface area contributed by atoms with Crippen LogP contribution in [0.5, 0.6) is 0 Å². The first kappa shape index (κ1) is 11.9. The van der Waals surface area contributed by atoms with E-state index < -0.39 is 0 Å².